The molecule has 0 aliphatic carbocycles. The minimum Gasteiger partial charge on any atom is -0.494 e. The number of nitrogens with zero attached hydrogens (tertiary/aromatic N) is 2. The highest BCUT2D eigenvalue weighted by molar-refractivity contribution is 6.17. The van der Waals surface area contributed by atoms with Gasteiger partial charge in [-0.05, 0) is 62.6 Å². The van der Waals surface area contributed by atoms with Gasteiger partial charge in [0.25, 0.3) is 0 Å². The van der Waals surface area contributed by atoms with Gasteiger partial charge in [-0.1, -0.05) is 24.3 Å². The predicted molar refractivity (Wildman–Crippen MR) is 104 cm³/mol. The number of benzene rings is 2. The standard InChI is InChI=1S/C21H23ClN2O/c1-4-25-20-11-7-18(8-12-20)21-15(2)23-24(16(21)3)19-9-5-17(6-10-19)13-14-22/h5-12H,4,13-14H2,1-3H3. The van der Waals surface area contributed by atoms with Crippen molar-refractivity contribution < 1.29 is 4.74 Å². The zero-order valence-electron chi connectivity index (χ0n) is 14.9. The van der Waals surface area contributed by atoms with Crippen LogP contribution in [0.5, 0.6) is 5.75 Å². The molecule has 1 aromatic heterocycles. The Kier molecular flexibility index (Phi) is 5.44. The second kappa shape index (κ2) is 7.75. The number of aryl methyl sites for hydroxylation is 2. The quantitative estimate of drug-likeness (QED) is 0.559. The van der Waals surface area contributed by atoms with Crippen molar-refractivity contribution in [3.63, 3.8) is 0 Å². The molecular weight excluding hydrogens is 332 g/mol. The van der Waals surface area contributed by atoms with Crippen LogP contribution in [-0.4, -0.2) is 22.3 Å². The number of halogens is 1. The van der Waals surface area contributed by atoms with Gasteiger partial charge in [0.15, 0.2) is 0 Å². The maximum absolute atomic E-state index is 5.81. The van der Waals surface area contributed by atoms with E-state index in [0.717, 1.165) is 34.8 Å². The number of rotatable bonds is 6. The predicted octanol–water partition coefficient (Wildman–Crippen LogP) is 5.34. The van der Waals surface area contributed by atoms with E-state index in [4.69, 9.17) is 21.4 Å². The summed E-state index contributed by atoms with van der Waals surface area (Å²) in [4.78, 5) is 0. The van der Waals surface area contributed by atoms with Crippen LogP contribution in [0.1, 0.15) is 23.9 Å². The van der Waals surface area contributed by atoms with Crippen molar-refractivity contribution in [2.24, 2.45) is 0 Å². The van der Waals surface area contributed by atoms with Gasteiger partial charge in [-0.15, -0.1) is 11.6 Å². The molecule has 1 heterocycles. The molecule has 3 nitrogen and oxygen atoms in total. The smallest absolute Gasteiger partial charge is 0.119 e. The van der Waals surface area contributed by atoms with E-state index in [2.05, 4.69) is 50.2 Å². The lowest BCUT2D eigenvalue weighted by Gasteiger charge is -2.08. The molecule has 0 fully saturated rings. The molecule has 0 bridgehead atoms. The molecule has 0 N–H and O–H groups in total. The molecule has 0 radical (unpaired) electrons. The summed E-state index contributed by atoms with van der Waals surface area (Å²) in [5.41, 5.74) is 6.79. The largest absolute Gasteiger partial charge is 0.494 e. The summed E-state index contributed by atoms with van der Waals surface area (Å²) in [6, 6.07) is 16.6. The van der Waals surface area contributed by atoms with Crippen LogP contribution in [0.25, 0.3) is 16.8 Å². The van der Waals surface area contributed by atoms with E-state index in [-0.39, 0.29) is 0 Å². The molecule has 0 unspecified atom stereocenters. The topological polar surface area (TPSA) is 27.1 Å². The molecular formula is C21H23ClN2O. The number of alkyl halides is 1. The summed E-state index contributed by atoms with van der Waals surface area (Å²) in [6.07, 6.45) is 0.885. The van der Waals surface area contributed by atoms with Crippen LogP contribution in [0.2, 0.25) is 0 Å². The minimum absolute atomic E-state index is 0.640. The van der Waals surface area contributed by atoms with Gasteiger partial charge in [0.2, 0.25) is 0 Å². The van der Waals surface area contributed by atoms with Gasteiger partial charge in [0.05, 0.1) is 18.0 Å². The highest BCUT2D eigenvalue weighted by atomic mass is 35.5. The Balaban J connectivity index is 1.95. The van der Waals surface area contributed by atoms with Crippen LogP contribution in [0, 0.1) is 13.8 Å². The zero-order chi connectivity index (χ0) is 17.8. The molecule has 3 rings (SSSR count). The van der Waals surface area contributed by atoms with Gasteiger partial charge in [-0.2, -0.15) is 5.10 Å². The maximum Gasteiger partial charge on any atom is 0.119 e. The summed E-state index contributed by atoms with van der Waals surface area (Å²) >= 11 is 5.81. The fourth-order valence-corrected chi connectivity index (χ4v) is 3.33. The minimum atomic E-state index is 0.640. The Morgan fingerprint density at radius 2 is 1.68 bits per heavy atom. The molecule has 0 saturated carbocycles. The normalized spacial score (nSPS) is 10.9. The van der Waals surface area contributed by atoms with E-state index in [0.29, 0.717) is 12.5 Å². The lowest BCUT2D eigenvalue weighted by atomic mass is 10.0. The number of hydrogen-bond donors (Lipinski definition) is 0. The summed E-state index contributed by atoms with van der Waals surface area (Å²) < 4.78 is 7.54. The third-order valence-corrected chi connectivity index (χ3v) is 4.50. The fourth-order valence-electron chi connectivity index (χ4n) is 3.11. The first-order valence-corrected chi connectivity index (χ1v) is 9.12. The van der Waals surface area contributed by atoms with Crippen molar-refractivity contribution >= 4 is 11.6 Å². The fraction of sp³-hybridized carbons (Fsp3) is 0.286. The molecule has 2 aromatic carbocycles. The zero-order valence-corrected chi connectivity index (χ0v) is 15.7. The van der Waals surface area contributed by atoms with Crippen LogP contribution in [0.3, 0.4) is 0 Å². The van der Waals surface area contributed by atoms with Crippen LogP contribution in [0.4, 0.5) is 0 Å². The monoisotopic (exact) mass is 354 g/mol. The van der Waals surface area contributed by atoms with E-state index in [1.807, 2.05) is 23.7 Å². The summed E-state index contributed by atoms with van der Waals surface area (Å²) in [7, 11) is 0. The van der Waals surface area contributed by atoms with Crippen molar-refractivity contribution in [1.82, 2.24) is 9.78 Å². The van der Waals surface area contributed by atoms with E-state index in [1.165, 1.54) is 11.1 Å². The van der Waals surface area contributed by atoms with Gasteiger partial charge >= 0.3 is 0 Å². The summed E-state index contributed by atoms with van der Waals surface area (Å²) in [6.45, 7) is 6.83. The lowest BCUT2D eigenvalue weighted by Crippen LogP contribution is -1.99. The van der Waals surface area contributed by atoms with E-state index >= 15 is 0 Å². The van der Waals surface area contributed by atoms with Gasteiger partial charge in [0.1, 0.15) is 5.75 Å². The molecule has 0 spiro atoms. The van der Waals surface area contributed by atoms with Gasteiger partial charge < -0.3 is 4.74 Å². The van der Waals surface area contributed by atoms with Gasteiger partial charge in [-0.3, -0.25) is 0 Å². The van der Waals surface area contributed by atoms with Crippen LogP contribution >= 0.6 is 11.6 Å². The first kappa shape index (κ1) is 17.6. The molecule has 0 amide bonds. The van der Waals surface area contributed by atoms with Crippen molar-refractivity contribution in [2.45, 2.75) is 27.2 Å². The number of ether oxygens (including phenoxy) is 1. The van der Waals surface area contributed by atoms with E-state index in [1.54, 1.807) is 0 Å². The molecule has 130 valence electrons. The van der Waals surface area contributed by atoms with Crippen LogP contribution < -0.4 is 4.74 Å². The van der Waals surface area contributed by atoms with Crippen LogP contribution in [0.15, 0.2) is 48.5 Å². The first-order chi connectivity index (χ1) is 12.1. The van der Waals surface area contributed by atoms with Crippen molar-refractivity contribution in [2.75, 3.05) is 12.5 Å². The van der Waals surface area contributed by atoms with E-state index in [9.17, 15) is 0 Å². The molecule has 25 heavy (non-hydrogen) atoms. The SMILES string of the molecule is CCOc1ccc(-c2c(C)nn(-c3ccc(CCCl)cc3)c2C)cc1. The Hall–Kier alpha value is -2.26. The van der Waals surface area contributed by atoms with Crippen molar-refractivity contribution in [3.05, 3.63) is 65.5 Å². The van der Waals surface area contributed by atoms with Gasteiger partial charge in [-0.25, -0.2) is 4.68 Å². The second-order valence-corrected chi connectivity index (χ2v) is 6.40. The Morgan fingerprint density at radius 3 is 2.28 bits per heavy atom. The Labute approximate surface area is 154 Å². The molecule has 0 aliphatic heterocycles. The van der Waals surface area contributed by atoms with E-state index < -0.39 is 0 Å². The van der Waals surface area contributed by atoms with Crippen molar-refractivity contribution in [1.29, 1.82) is 0 Å². The maximum atomic E-state index is 5.81. The summed E-state index contributed by atoms with van der Waals surface area (Å²) in [5.74, 6) is 1.53. The third kappa shape index (κ3) is 3.72. The lowest BCUT2D eigenvalue weighted by molar-refractivity contribution is 0.340. The van der Waals surface area contributed by atoms with Crippen molar-refractivity contribution in [3.8, 4) is 22.6 Å². The molecule has 0 saturated heterocycles. The molecule has 3 aromatic rings. The molecule has 0 aliphatic rings. The third-order valence-electron chi connectivity index (χ3n) is 4.31. The molecule has 0 atom stereocenters. The highest BCUT2D eigenvalue weighted by Crippen LogP contribution is 2.30. The Bertz CT molecular complexity index is 836. The first-order valence-electron chi connectivity index (χ1n) is 8.58. The number of aromatic nitrogens is 2. The van der Waals surface area contributed by atoms with Gasteiger partial charge in [0, 0.05) is 17.1 Å². The number of hydrogen-bond acceptors (Lipinski definition) is 2. The average Bonchev–Trinajstić information content (AvgIpc) is 2.92. The average molecular weight is 355 g/mol. The highest BCUT2D eigenvalue weighted by Gasteiger charge is 2.14. The second-order valence-electron chi connectivity index (χ2n) is 6.02. The van der Waals surface area contributed by atoms with Crippen LogP contribution in [-0.2, 0) is 6.42 Å². The Morgan fingerprint density at radius 1 is 1.00 bits per heavy atom. The summed E-state index contributed by atoms with van der Waals surface area (Å²) in [5, 5.41) is 4.75. The molecule has 4 heteroatoms.